The van der Waals surface area contributed by atoms with Crippen molar-refractivity contribution in [3.63, 3.8) is 0 Å². The average molecular weight is 253 g/mol. The van der Waals surface area contributed by atoms with Gasteiger partial charge in [0.1, 0.15) is 0 Å². The summed E-state index contributed by atoms with van der Waals surface area (Å²) in [6, 6.07) is 7.09. The summed E-state index contributed by atoms with van der Waals surface area (Å²) in [5.41, 5.74) is -4.81. The maximum absolute atomic E-state index is 12.1. The van der Waals surface area contributed by atoms with E-state index in [4.69, 9.17) is 0 Å². The highest BCUT2D eigenvalue weighted by Gasteiger charge is 2.46. The fraction of sp³-hybridized carbons (Fsp3) is 0.333. The van der Waals surface area contributed by atoms with Gasteiger partial charge < -0.3 is 0 Å². The number of hydrogen-bond acceptors (Lipinski definition) is 2. The molecular weight excluding hydrogens is 243 g/mol. The third-order valence-corrected chi connectivity index (χ3v) is 3.21. The van der Waals surface area contributed by atoms with Gasteiger partial charge in [0, 0.05) is 6.04 Å². The molecule has 7 heteroatoms. The Kier molecular flexibility index (Phi) is 3.59. The lowest BCUT2D eigenvalue weighted by Crippen LogP contribution is -2.37. The zero-order valence-electron chi connectivity index (χ0n) is 8.32. The zero-order chi connectivity index (χ0) is 12.4. The highest BCUT2D eigenvalue weighted by molar-refractivity contribution is 7.90. The molecule has 0 heterocycles. The predicted octanol–water partition coefficient (Wildman–Crippen LogP) is 2.19. The van der Waals surface area contributed by atoms with Crippen LogP contribution in [0.3, 0.4) is 0 Å². The van der Waals surface area contributed by atoms with E-state index in [1.165, 1.54) is 6.92 Å². The largest absolute Gasteiger partial charge is 0.511 e. The van der Waals surface area contributed by atoms with E-state index in [1.54, 1.807) is 35.1 Å². The first-order valence-corrected chi connectivity index (χ1v) is 5.86. The van der Waals surface area contributed by atoms with E-state index in [2.05, 4.69) is 0 Å². The third-order valence-electron chi connectivity index (χ3n) is 1.94. The van der Waals surface area contributed by atoms with E-state index in [0.29, 0.717) is 5.56 Å². The van der Waals surface area contributed by atoms with Crippen LogP contribution in [0.2, 0.25) is 0 Å². The second kappa shape index (κ2) is 4.42. The van der Waals surface area contributed by atoms with E-state index in [-0.39, 0.29) is 0 Å². The topological polar surface area (TPSA) is 46.2 Å². The van der Waals surface area contributed by atoms with Crippen LogP contribution in [0.1, 0.15) is 18.5 Å². The van der Waals surface area contributed by atoms with Crippen molar-refractivity contribution in [1.82, 2.24) is 4.72 Å². The first kappa shape index (κ1) is 13.0. The Morgan fingerprint density at radius 3 is 2.12 bits per heavy atom. The molecule has 1 unspecified atom stereocenters. The Morgan fingerprint density at radius 1 is 1.19 bits per heavy atom. The van der Waals surface area contributed by atoms with Crippen molar-refractivity contribution in [1.29, 1.82) is 0 Å². The summed E-state index contributed by atoms with van der Waals surface area (Å²) >= 11 is 0. The lowest BCUT2D eigenvalue weighted by Gasteiger charge is -2.15. The summed E-state index contributed by atoms with van der Waals surface area (Å²) in [6.07, 6.45) is 0. The molecule has 0 amide bonds. The monoisotopic (exact) mass is 253 g/mol. The molecule has 0 radical (unpaired) electrons. The molecule has 0 saturated heterocycles. The molecule has 0 bridgehead atoms. The Labute approximate surface area is 91.3 Å². The van der Waals surface area contributed by atoms with Gasteiger partial charge in [-0.2, -0.15) is 13.2 Å². The summed E-state index contributed by atoms with van der Waals surface area (Å²) in [6.45, 7) is 1.35. The van der Waals surface area contributed by atoms with Crippen LogP contribution in [0.5, 0.6) is 0 Å². The van der Waals surface area contributed by atoms with Gasteiger partial charge in [-0.25, -0.2) is 13.1 Å². The van der Waals surface area contributed by atoms with Crippen LogP contribution in [0, 0.1) is 0 Å². The van der Waals surface area contributed by atoms with Gasteiger partial charge in [0.15, 0.2) is 0 Å². The van der Waals surface area contributed by atoms with Crippen LogP contribution < -0.4 is 4.72 Å². The summed E-state index contributed by atoms with van der Waals surface area (Å²) in [5, 5.41) is 0. The smallest absolute Gasteiger partial charge is 0.203 e. The molecular formula is C9H10F3NO2S. The van der Waals surface area contributed by atoms with E-state index < -0.39 is 21.6 Å². The molecule has 0 aromatic heterocycles. The second-order valence-electron chi connectivity index (χ2n) is 3.20. The molecule has 0 spiro atoms. The summed E-state index contributed by atoms with van der Waals surface area (Å²) < 4.78 is 59.3. The van der Waals surface area contributed by atoms with Crippen LogP contribution in [0.4, 0.5) is 13.2 Å². The normalized spacial score (nSPS) is 14.8. The Balaban J connectivity index is 2.85. The van der Waals surface area contributed by atoms with E-state index in [9.17, 15) is 21.6 Å². The van der Waals surface area contributed by atoms with Gasteiger partial charge in [0.25, 0.3) is 0 Å². The van der Waals surface area contributed by atoms with Crippen LogP contribution in [-0.2, 0) is 10.0 Å². The predicted molar refractivity (Wildman–Crippen MR) is 53.0 cm³/mol. The van der Waals surface area contributed by atoms with Crippen LogP contribution in [0.25, 0.3) is 0 Å². The van der Waals surface area contributed by atoms with Crippen molar-refractivity contribution in [3.05, 3.63) is 35.9 Å². The highest BCUT2D eigenvalue weighted by Crippen LogP contribution is 2.24. The molecule has 1 N–H and O–H groups in total. The van der Waals surface area contributed by atoms with Crippen LogP contribution in [-0.4, -0.2) is 13.9 Å². The first-order valence-electron chi connectivity index (χ1n) is 4.37. The molecule has 1 aromatic rings. The molecule has 1 atom stereocenters. The SMILES string of the molecule is CC(NS(=O)(=O)C(F)(F)F)c1ccccc1. The van der Waals surface area contributed by atoms with Crippen molar-refractivity contribution in [3.8, 4) is 0 Å². The summed E-state index contributed by atoms with van der Waals surface area (Å²) in [4.78, 5) is 0. The van der Waals surface area contributed by atoms with Crippen LogP contribution in [0.15, 0.2) is 30.3 Å². The van der Waals surface area contributed by atoms with Crippen LogP contribution >= 0.6 is 0 Å². The van der Waals surface area contributed by atoms with Gasteiger partial charge >= 0.3 is 15.5 Å². The van der Waals surface area contributed by atoms with Crippen molar-refractivity contribution < 1.29 is 21.6 Å². The molecule has 1 rings (SSSR count). The Morgan fingerprint density at radius 2 is 1.69 bits per heavy atom. The standard InChI is InChI=1S/C9H10F3NO2S/c1-7(8-5-3-2-4-6-8)13-16(14,15)9(10,11)12/h2-7,13H,1H3. The maximum atomic E-state index is 12.1. The molecule has 3 nitrogen and oxygen atoms in total. The number of sulfonamides is 1. The highest BCUT2D eigenvalue weighted by atomic mass is 32.2. The minimum atomic E-state index is -5.30. The fourth-order valence-corrected chi connectivity index (χ4v) is 1.84. The molecule has 0 saturated carbocycles. The quantitative estimate of drug-likeness (QED) is 0.897. The van der Waals surface area contributed by atoms with E-state index >= 15 is 0 Å². The van der Waals surface area contributed by atoms with E-state index in [0.717, 1.165) is 0 Å². The number of benzene rings is 1. The number of halogens is 3. The first-order chi connectivity index (χ1) is 7.24. The van der Waals surface area contributed by atoms with Crippen molar-refractivity contribution >= 4 is 10.0 Å². The molecule has 16 heavy (non-hydrogen) atoms. The number of rotatable bonds is 3. The Hall–Kier alpha value is -1.08. The van der Waals surface area contributed by atoms with E-state index in [1.807, 2.05) is 0 Å². The lowest BCUT2D eigenvalue weighted by atomic mass is 10.1. The molecule has 0 aliphatic heterocycles. The molecule has 90 valence electrons. The van der Waals surface area contributed by atoms with Gasteiger partial charge in [-0.1, -0.05) is 30.3 Å². The molecule has 0 aliphatic rings. The van der Waals surface area contributed by atoms with Crippen molar-refractivity contribution in [2.24, 2.45) is 0 Å². The third kappa shape index (κ3) is 2.96. The van der Waals surface area contributed by atoms with Gasteiger partial charge in [-0.15, -0.1) is 0 Å². The lowest BCUT2D eigenvalue weighted by molar-refractivity contribution is -0.0450. The fourth-order valence-electron chi connectivity index (χ4n) is 1.11. The van der Waals surface area contributed by atoms with Crippen molar-refractivity contribution in [2.45, 2.75) is 18.5 Å². The molecule has 0 fully saturated rings. The zero-order valence-corrected chi connectivity index (χ0v) is 9.14. The Bertz CT molecular complexity index is 442. The number of alkyl halides is 3. The summed E-state index contributed by atoms with van der Waals surface area (Å²) in [7, 11) is -5.30. The second-order valence-corrected chi connectivity index (χ2v) is 4.90. The molecule has 0 aliphatic carbocycles. The van der Waals surface area contributed by atoms with Crippen molar-refractivity contribution in [2.75, 3.05) is 0 Å². The van der Waals surface area contributed by atoms with Gasteiger partial charge in [0.2, 0.25) is 0 Å². The molecule has 1 aromatic carbocycles. The summed E-state index contributed by atoms with van der Waals surface area (Å²) in [5.74, 6) is 0. The maximum Gasteiger partial charge on any atom is 0.511 e. The van der Waals surface area contributed by atoms with Gasteiger partial charge in [0.05, 0.1) is 0 Å². The average Bonchev–Trinajstić information content (AvgIpc) is 2.16. The number of nitrogens with one attached hydrogen (secondary N) is 1. The number of hydrogen-bond donors (Lipinski definition) is 1. The van der Waals surface area contributed by atoms with Gasteiger partial charge in [-0.3, -0.25) is 0 Å². The minimum absolute atomic E-state index is 0.468. The minimum Gasteiger partial charge on any atom is -0.203 e. The van der Waals surface area contributed by atoms with Gasteiger partial charge in [-0.05, 0) is 12.5 Å².